The first kappa shape index (κ1) is 20.9. The molecule has 30 heavy (non-hydrogen) atoms. The number of carbonyl (C=O) groups is 2. The molecule has 0 atom stereocenters. The molecule has 0 spiro atoms. The van der Waals surface area contributed by atoms with Gasteiger partial charge in [-0.3, -0.25) is 49.1 Å². The number of amides is 2. The summed E-state index contributed by atoms with van der Waals surface area (Å²) >= 11 is 3.16. The summed E-state index contributed by atoms with van der Waals surface area (Å²) in [6, 6.07) is 4.80. The van der Waals surface area contributed by atoms with Gasteiger partial charge in [0, 0.05) is 31.8 Å². The number of benzene rings is 1. The molecular formula is C16H14BrN7O6. The van der Waals surface area contributed by atoms with Crippen LogP contribution in [0.1, 0.15) is 10.4 Å². The Bertz CT molecular complexity index is 1300. The Balaban J connectivity index is 1.77. The highest BCUT2D eigenvalue weighted by Crippen LogP contribution is 2.16. The van der Waals surface area contributed by atoms with Gasteiger partial charge in [0.15, 0.2) is 15.9 Å². The molecule has 0 aliphatic carbocycles. The van der Waals surface area contributed by atoms with E-state index >= 15 is 0 Å². The minimum absolute atomic E-state index is 0.00538. The summed E-state index contributed by atoms with van der Waals surface area (Å²) in [5.41, 5.74) is 3.22. The summed E-state index contributed by atoms with van der Waals surface area (Å²) in [5, 5.41) is 10.6. The number of non-ortho nitro benzene ring substituents is 1. The second-order valence-corrected chi connectivity index (χ2v) is 6.86. The van der Waals surface area contributed by atoms with Crippen molar-refractivity contribution in [3.05, 3.63) is 65.5 Å². The maximum absolute atomic E-state index is 12.3. The molecule has 13 nitrogen and oxygen atoms in total. The molecule has 0 aliphatic heterocycles. The van der Waals surface area contributed by atoms with Crippen LogP contribution in [0.5, 0.6) is 0 Å². The van der Waals surface area contributed by atoms with Gasteiger partial charge in [-0.15, -0.1) is 0 Å². The van der Waals surface area contributed by atoms with E-state index in [2.05, 4.69) is 31.8 Å². The van der Waals surface area contributed by atoms with Crippen LogP contribution < -0.4 is 22.1 Å². The van der Waals surface area contributed by atoms with Crippen LogP contribution in [0.2, 0.25) is 0 Å². The van der Waals surface area contributed by atoms with Crippen LogP contribution in [-0.4, -0.2) is 35.4 Å². The highest BCUT2D eigenvalue weighted by molar-refractivity contribution is 9.10. The normalized spacial score (nSPS) is 10.8. The number of halogens is 1. The van der Waals surface area contributed by atoms with Crippen molar-refractivity contribution in [3.8, 4) is 0 Å². The van der Waals surface area contributed by atoms with Gasteiger partial charge in [-0.1, -0.05) is 0 Å². The van der Waals surface area contributed by atoms with E-state index in [0.29, 0.717) is 0 Å². The molecule has 2 amide bonds. The zero-order valence-electron chi connectivity index (χ0n) is 15.6. The van der Waals surface area contributed by atoms with Gasteiger partial charge in [0.2, 0.25) is 0 Å². The highest BCUT2D eigenvalue weighted by Gasteiger charge is 2.19. The zero-order chi connectivity index (χ0) is 22.2. The van der Waals surface area contributed by atoms with E-state index in [4.69, 9.17) is 0 Å². The molecule has 1 aromatic carbocycles. The number of hydrogen-bond acceptors (Lipinski definition) is 7. The molecule has 0 saturated carbocycles. The van der Waals surface area contributed by atoms with Crippen molar-refractivity contribution >= 4 is 44.6 Å². The Hall–Kier alpha value is -3.81. The Labute approximate surface area is 175 Å². The summed E-state index contributed by atoms with van der Waals surface area (Å²) < 4.78 is 3.52. The lowest BCUT2D eigenvalue weighted by Gasteiger charge is -2.11. The number of fused-ring (bicyclic) bond motifs is 1. The molecule has 0 unspecified atom stereocenters. The first-order valence-corrected chi connectivity index (χ1v) is 9.06. The van der Waals surface area contributed by atoms with Crippen molar-refractivity contribution in [2.24, 2.45) is 14.1 Å². The third kappa shape index (κ3) is 3.71. The van der Waals surface area contributed by atoms with Crippen LogP contribution in [0, 0.1) is 10.1 Å². The Morgan fingerprint density at radius 2 is 1.77 bits per heavy atom. The van der Waals surface area contributed by atoms with E-state index in [1.54, 1.807) is 0 Å². The number of nitrogens with one attached hydrogen (secondary N) is 2. The summed E-state index contributed by atoms with van der Waals surface area (Å²) in [4.78, 5) is 62.9. The number of aromatic nitrogens is 4. The standard InChI is InChI=1S/C16H14BrN7O6/c1-21-13-11(14(27)22(2)16(21)28)18-15(17)23(13)7-10(25)19-20-12(26)8-3-5-9(6-4-8)24(29)30/h3-6H,7H2,1-2H3,(H,19,25)(H,20,26). The molecule has 156 valence electrons. The predicted molar refractivity (Wildman–Crippen MR) is 107 cm³/mol. The molecule has 0 aliphatic rings. The zero-order valence-corrected chi connectivity index (χ0v) is 17.2. The maximum atomic E-state index is 12.3. The predicted octanol–water partition coefficient (Wildman–Crippen LogP) is -0.434. The van der Waals surface area contributed by atoms with E-state index < -0.39 is 28.0 Å². The lowest BCUT2D eigenvalue weighted by atomic mass is 10.2. The van der Waals surface area contributed by atoms with Crippen molar-refractivity contribution in [3.63, 3.8) is 0 Å². The van der Waals surface area contributed by atoms with E-state index in [0.717, 1.165) is 16.7 Å². The van der Waals surface area contributed by atoms with Crippen LogP contribution in [0.4, 0.5) is 5.69 Å². The first-order valence-electron chi connectivity index (χ1n) is 8.27. The molecule has 0 saturated heterocycles. The van der Waals surface area contributed by atoms with Crippen LogP contribution in [0.3, 0.4) is 0 Å². The fourth-order valence-corrected chi connectivity index (χ4v) is 3.19. The van der Waals surface area contributed by atoms with Gasteiger partial charge in [0.25, 0.3) is 23.1 Å². The van der Waals surface area contributed by atoms with Crippen LogP contribution in [0.15, 0.2) is 38.6 Å². The van der Waals surface area contributed by atoms with E-state index in [1.807, 2.05) is 0 Å². The smallest absolute Gasteiger partial charge is 0.295 e. The summed E-state index contributed by atoms with van der Waals surface area (Å²) in [6.07, 6.45) is 0. The van der Waals surface area contributed by atoms with Crippen molar-refractivity contribution in [1.82, 2.24) is 29.5 Å². The second-order valence-electron chi connectivity index (χ2n) is 6.15. The number of nitrogens with zero attached hydrogens (tertiary/aromatic N) is 5. The summed E-state index contributed by atoms with van der Waals surface area (Å²) in [5.74, 6) is -1.35. The molecule has 2 aromatic heterocycles. The maximum Gasteiger partial charge on any atom is 0.332 e. The molecule has 0 radical (unpaired) electrons. The number of hydrazine groups is 1. The number of rotatable bonds is 4. The molecule has 14 heteroatoms. The fraction of sp³-hybridized carbons (Fsp3) is 0.188. The van der Waals surface area contributed by atoms with Crippen LogP contribution in [-0.2, 0) is 25.4 Å². The third-order valence-electron chi connectivity index (χ3n) is 4.25. The van der Waals surface area contributed by atoms with Gasteiger partial charge in [-0.25, -0.2) is 9.78 Å². The van der Waals surface area contributed by atoms with E-state index in [9.17, 15) is 29.3 Å². The van der Waals surface area contributed by atoms with Crippen LogP contribution >= 0.6 is 15.9 Å². The molecule has 2 heterocycles. The van der Waals surface area contributed by atoms with Crippen molar-refractivity contribution in [1.29, 1.82) is 0 Å². The van der Waals surface area contributed by atoms with E-state index in [-0.39, 0.29) is 33.7 Å². The van der Waals surface area contributed by atoms with Crippen molar-refractivity contribution in [2.45, 2.75) is 6.54 Å². The Morgan fingerprint density at radius 3 is 2.37 bits per heavy atom. The highest BCUT2D eigenvalue weighted by atomic mass is 79.9. The number of carbonyl (C=O) groups excluding carboxylic acids is 2. The topological polar surface area (TPSA) is 163 Å². The molecule has 3 rings (SSSR count). The largest absolute Gasteiger partial charge is 0.332 e. The minimum atomic E-state index is -0.686. The van der Waals surface area contributed by atoms with E-state index in [1.165, 1.54) is 35.4 Å². The lowest BCUT2D eigenvalue weighted by molar-refractivity contribution is -0.384. The van der Waals surface area contributed by atoms with Gasteiger partial charge in [-0.2, -0.15) is 0 Å². The summed E-state index contributed by atoms with van der Waals surface area (Å²) in [6.45, 7) is -0.363. The average Bonchev–Trinajstić information content (AvgIpc) is 3.05. The van der Waals surface area contributed by atoms with Crippen LogP contribution in [0.25, 0.3) is 11.2 Å². The van der Waals surface area contributed by atoms with Gasteiger partial charge >= 0.3 is 5.69 Å². The lowest BCUT2D eigenvalue weighted by Crippen LogP contribution is -2.43. The van der Waals surface area contributed by atoms with Gasteiger partial charge in [0.05, 0.1) is 4.92 Å². The SMILES string of the molecule is Cn1c(=O)c2nc(Br)n(CC(=O)NNC(=O)c3ccc([N+](=O)[O-])cc3)c2n(C)c1=O. The molecule has 3 aromatic rings. The number of nitro benzene ring substituents is 1. The third-order valence-corrected chi connectivity index (χ3v) is 4.86. The number of imidazole rings is 1. The molecule has 0 fully saturated rings. The van der Waals surface area contributed by atoms with Crippen molar-refractivity contribution in [2.75, 3.05) is 0 Å². The number of hydrogen-bond donors (Lipinski definition) is 2. The average molecular weight is 480 g/mol. The second kappa shape index (κ2) is 7.90. The Morgan fingerprint density at radius 1 is 1.13 bits per heavy atom. The van der Waals surface area contributed by atoms with Gasteiger partial charge < -0.3 is 0 Å². The van der Waals surface area contributed by atoms with Gasteiger partial charge in [0.1, 0.15) is 6.54 Å². The fourth-order valence-electron chi connectivity index (χ4n) is 2.72. The Kier molecular flexibility index (Phi) is 5.51. The quantitative estimate of drug-likeness (QED) is 0.291. The minimum Gasteiger partial charge on any atom is -0.295 e. The monoisotopic (exact) mass is 479 g/mol. The summed E-state index contributed by atoms with van der Waals surface area (Å²) in [7, 11) is 2.75. The number of aryl methyl sites for hydroxylation is 1. The van der Waals surface area contributed by atoms with Crippen molar-refractivity contribution < 1.29 is 14.5 Å². The van der Waals surface area contributed by atoms with Gasteiger partial charge in [-0.05, 0) is 28.1 Å². The molecule has 0 bridgehead atoms. The first-order chi connectivity index (χ1) is 14.1. The molecular weight excluding hydrogens is 466 g/mol. The molecule has 2 N–H and O–H groups in total. The number of nitro groups is 1.